The topological polar surface area (TPSA) is 94.4 Å². The Labute approximate surface area is 105 Å². The SMILES string of the molecule is CN(Cc1ccco1)S(=O)(=O)c1c(N)ncn1C. The molecule has 0 aromatic carbocycles. The third-order valence-corrected chi connectivity index (χ3v) is 4.46. The zero-order valence-corrected chi connectivity index (χ0v) is 10.9. The highest BCUT2D eigenvalue weighted by molar-refractivity contribution is 7.89. The summed E-state index contributed by atoms with van der Waals surface area (Å²) in [5.74, 6) is 0.547. The molecule has 0 amide bonds. The molecule has 0 bridgehead atoms. The van der Waals surface area contributed by atoms with E-state index in [1.54, 1.807) is 19.2 Å². The maximum atomic E-state index is 12.3. The zero-order valence-electron chi connectivity index (χ0n) is 10.1. The van der Waals surface area contributed by atoms with Gasteiger partial charge in [-0.25, -0.2) is 13.4 Å². The summed E-state index contributed by atoms with van der Waals surface area (Å²) in [6, 6.07) is 3.41. The molecule has 0 unspecified atom stereocenters. The Kier molecular flexibility index (Phi) is 3.14. The van der Waals surface area contributed by atoms with Crippen LogP contribution in [-0.2, 0) is 23.6 Å². The van der Waals surface area contributed by atoms with Gasteiger partial charge in [-0.1, -0.05) is 0 Å². The van der Waals surface area contributed by atoms with Crippen LogP contribution in [0.1, 0.15) is 5.76 Å². The van der Waals surface area contributed by atoms with Gasteiger partial charge >= 0.3 is 0 Å². The summed E-state index contributed by atoms with van der Waals surface area (Å²) in [6.07, 6.45) is 2.86. The van der Waals surface area contributed by atoms with E-state index in [4.69, 9.17) is 10.2 Å². The molecule has 0 aliphatic carbocycles. The fourth-order valence-electron chi connectivity index (χ4n) is 1.61. The van der Waals surface area contributed by atoms with Gasteiger partial charge in [0, 0.05) is 14.1 Å². The van der Waals surface area contributed by atoms with E-state index in [9.17, 15) is 8.42 Å². The number of rotatable bonds is 4. The Balaban J connectivity index is 2.32. The van der Waals surface area contributed by atoms with Crippen molar-refractivity contribution < 1.29 is 12.8 Å². The van der Waals surface area contributed by atoms with E-state index in [-0.39, 0.29) is 17.4 Å². The third kappa shape index (κ3) is 2.12. The van der Waals surface area contributed by atoms with Gasteiger partial charge in [0.25, 0.3) is 10.0 Å². The number of nitrogens with zero attached hydrogens (tertiary/aromatic N) is 3. The van der Waals surface area contributed by atoms with Gasteiger partial charge in [-0.2, -0.15) is 4.31 Å². The van der Waals surface area contributed by atoms with Crippen LogP contribution in [0.2, 0.25) is 0 Å². The van der Waals surface area contributed by atoms with Crippen LogP contribution in [0.4, 0.5) is 5.82 Å². The van der Waals surface area contributed by atoms with E-state index < -0.39 is 10.0 Å². The molecule has 0 radical (unpaired) electrons. The van der Waals surface area contributed by atoms with E-state index in [1.165, 1.54) is 28.5 Å². The molecule has 2 heterocycles. The van der Waals surface area contributed by atoms with Crippen molar-refractivity contribution in [2.45, 2.75) is 11.6 Å². The fraction of sp³-hybridized carbons (Fsp3) is 0.300. The number of anilines is 1. The van der Waals surface area contributed by atoms with Gasteiger partial charge in [-0.15, -0.1) is 0 Å². The van der Waals surface area contributed by atoms with Crippen molar-refractivity contribution in [1.29, 1.82) is 0 Å². The van der Waals surface area contributed by atoms with Crippen molar-refractivity contribution in [2.75, 3.05) is 12.8 Å². The van der Waals surface area contributed by atoms with Gasteiger partial charge in [-0.3, -0.25) is 0 Å². The molecule has 2 aromatic heterocycles. The maximum absolute atomic E-state index is 12.3. The maximum Gasteiger partial charge on any atom is 0.262 e. The Bertz CT molecular complexity index is 611. The number of nitrogen functional groups attached to an aromatic ring is 1. The van der Waals surface area contributed by atoms with Crippen LogP contribution in [0.3, 0.4) is 0 Å². The lowest BCUT2D eigenvalue weighted by Gasteiger charge is -2.16. The van der Waals surface area contributed by atoms with Crippen molar-refractivity contribution >= 4 is 15.8 Å². The van der Waals surface area contributed by atoms with Gasteiger partial charge in [0.15, 0.2) is 10.8 Å². The van der Waals surface area contributed by atoms with Crippen LogP contribution in [0, 0.1) is 0 Å². The minimum Gasteiger partial charge on any atom is -0.468 e. The average Bonchev–Trinajstić information content (AvgIpc) is 2.89. The van der Waals surface area contributed by atoms with E-state index in [2.05, 4.69) is 4.98 Å². The smallest absolute Gasteiger partial charge is 0.262 e. The number of sulfonamides is 1. The summed E-state index contributed by atoms with van der Waals surface area (Å²) in [7, 11) is -0.641. The molecule has 0 atom stereocenters. The quantitative estimate of drug-likeness (QED) is 0.868. The number of furan rings is 1. The van der Waals surface area contributed by atoms with Crippen LogP contribution in [0.5, 0.6) is 0 Å². The molecule has 98 valence electrons. The molecule has 0 aliphatic heterocycles. The van der Waals surface area contributed by atoms with E-state index >= 15 is 0 Å². The first kappa shape index (κ1) is 12.7. The normalized spacial score (nSPS) is 12.2. The number of hydrogen-bond acceptors (Lipinski definition) is 5. The van der Waals surface area contributed by atoms with Gasteiger partial charge in [0.1, 0.15) is 5.76 Å². The fourth-order valence-corrected chi connectivity index (χ4v) is 2.93. The molecule has 2 N–H and O–H groups in total. The minimum absolute atomic E-state index is 0.0104. The highest BCUT2D eigenvalue weighted by Crippen LogP contribution is 2.21. The van der Waals surface area contributed by atoms with E-state index in [0.29, 0.717) is 5.76 Å². The van der Waals surface area contributed by atoms with E-state index in [0.717, 1.165) is 0 Å². The number of aromatic nitrogens is 2. The molecule has 0 saturated carbocycles. The van der Waals surface area contributed by atoms with Gasteiger partial charge in [0.05, 0.1) is 19.1 Å². The predicted octanol–water partition coefficient (Wildman–Crippen LogP) is 0.416. The lowest BCUT2D eigenvalue weighted by molar-refractivity contribution is 0.404. The second-order valence-corrected chi connectivity index (χ2v) is 5.85. The third-order valence-electron chi connectivity index (χ3n) is 2.52. The zero-order chi connectivity index (χ0) is 13.3. The van der Waals surface area contributed by atoms with E-state index in [1.807, 2.05) is 0 Å². The first-order valence-electron chi connectivity index (χ1n) is 5.18. The molecular formula is C10H14N4O3S. The Hall–Kier alpha value is -1.80. The summed E-state index contributed by atoms with van der Waals surface area (Å²) in [4.78, 5) is 3.77. The first-order chi connectivity index (χ1) is 8.43. The van der Waals surface area contributed by atoms with Crippen molar-refractivity contribution in [1.82, 2.24) is 13.9 Å². The Morgan fingerprint density at radius 3 is 2.78 bits per heavy atom. The van der Waals surface area contributed by atoms with Crippen LogP contribution < -0.4 is 5.73 Å². The lowest BCUT2D eigenvalue weighted by atomic mass is 10.4. The standard InChI is InChI=1S/C10H14N4O3S/c1-13-7-12-9(11)10(13)18(15,16)14(2)6-8-4-3-5-17-8/h3-5,7H,6,11H2,1-2H3. The van der Waals surface area contributed by atoms with Gasteiger partial charge in [-0.05, 0) is 12.1 Å². The number of imidazole rings is 1. The molecule has 2 aromatic rings. The molecule has 7 nitrogen and oxygen atoms in total. The largest absolute Gasteiger partial charge is 0.468 e. The van der Waals surface area contributed by atoms with Gasteiger partial charge in [0.2, 0.25) is 0 Å². The van der Waals surface area contributed by atoms with Crippen LogP contribution >= 0.6 is 0 Å². The average molecular weight is 270 g/mol. The second kappa shape index (κ2) is 4.46. The predicted molar refractivity (Wildman–Crippen MR) is 65.0 cm³/mol. The van der Waals surface area contributed by atoms with Crippen LogP contribution in [0.25, 0.3) is 0 Å². The molecule has 0 fully saturated rings. The highest BCUT2D eigenvalue weighted by Gasteiger charge is 2.27. The minimum atomic E-state index is -3.68. The molecule has 0 aliphatic rings. The Morgan fingerprint density at radius 2 is 2.28 bits per heavy atom. The van der Waals surface area contributed by atoms with Crippen molar-refractivity contribution in [3.63, 3.8) is 0 Å². The van der Waals surface area contributed by atoms with Gasteiger partial charge < -0.3 is 14.7 Å². The van der Waals surface area contributed by atoms with Crippen molar-refractivity contribution in [3.05, 3.63) is 30.5 Å². The van der Waals surface area contributed by atoms with Crippen molar-refractivity contribution in [2.24, 2.45) is 7.05 Å². The molecule has 18 heavy (non-hydrogen) atoms. The number of aryl methyl sites for hydroxylation is 1. The van der Waals surface area contributed by atoms with Crippen molar-refractivity contribution in [3.8, 4) is 0 Å². The summed E-state index contributed by atoms with van der Waals surface area (Å²) in [5, 5.41) is -0.0171. The molecule has 0 spiro atoms. The molecule has 0 saturated heterocycles. The second-order valence-electron chi connectivity index (χ2n) is 3.89. The molecular weight excluding hydrogens is 256 g/mol. The number of nitrogens with two attached hydrogens (primary N) is 1. The number of hydrogen-bond donors (Lipinski definition) is 1. The lowest BCUT2D eigenvalue weighted by Crippen LogP contribution is -2.28. The molecule has 8 heteroatoms. The molecule has 2 rings (SSSR count). The monoisotopic (exact) mass is 270 g/mol. The summed E-state index contributed by atoms with van der Waals surface area (Å²) in [6.45, 7) is 0.139. The summed E-state index contributed by atoms with van der Waals surface area (Å²) in [5.41, 5.74) is 5.58. The van der Waals surface area contributed by atoms with Crippen LogP contribution in [-0.4, -0.2) is 29.3 Å². The summed E-state index contributed by atoms with van der Waals surface area (Å²) >= 11 is 0. The highest BCUT2D eigenvalue weighted by atomic mass is 32.2. The summed E-state index contributed by atoms with van der Waals surface area (Å²) < 4.78 is 32.3. The van der Waals surface area contributed by atoms with Crippen LogP contribution in [0.15, 0.2) is 34.2 Å². The first-order valence-corrected chi connectivity index (χ1v) is 6.62. The Morgan fingerprint density at radius 1 is 1.56 bits per heavy atom.